The normalized spacial score (nSPS) is 18.1. The molecule has 0 radical (unpaired) electrons. The van der Waals surface area contributed by atoms with Gasteiger partial charge in [-0.2, -0.15) is 3.21 Å². The number of hydrogen-bond acceptors (Lipinski definition) is 2. The zero-order valence-corrected chi connectivity index (χ0v) is 7.50. The van der Waals surface area contributed by atoms with Crippen molar-refractivity contribution < 1.29 is 0 Å². The standard InChI is InChI=1S/C6H8IN3/c7-10-6(8)5-3-1-2-4-9-5/h1-3,9H,4H2,(H2,8,10). The largest absolute Gasteiger partial charge is 0.382 e. The van der Waals surface area contributed by atoms with Crippen LogP contribution in [0.3, 0.4) is 0 Å². The summed E-state index contributed by atoms with van der Waals surface area (Å²) in [6, 6.07) is 0. The van der Waals surface area contributed by atoms with E-state index in [9.17, 15) is 0 Å². The van der Waals surface area contributed by atoms with Crippen molar-refractivity contribution in [3.05, 3.63) is 23.9 Å². The lowest BCUT2D eigenvalue weighted by molar-refractivity contribution is 0.933. The van der Waals surface area contributed by atoms with Crippen molar-refractivity contribution in [1.29, 1.82) is 0 Å². The molecule has 10 heavy (non-hydrogen) atoms. The van der Waals surface area contributed by atoms with E-state index in [1.54, 1.807) is 0 Å². The van der Waals surface area contributed by atoms with Crippen molar-refractivity contribution >= 4 is 28.7 Å². The molecular weight excluding hydrogens is 241 g/mol. The average Bonchev–Trinajstić information content (AvgIpc) is 2.05. The third-order valence-electron chi connectivity index (χ3n) is 1.18. The highest BCUT2D eigenvalue weighted by atomic mass is 127. The van der Waals surface area contributed by atoms with Crippen molar-refractivity contribution in [2.45, 2.75) is 0 Å². The predicted octanol–water partition coefficient (Wildman–Crippen LogP) is 0.737. The Bertz CT molecular complexity index is 205. The summed E-state index contributed by atoms with van der Waals surface area (Å²) in [5.41, 5.74) is 6.43. The maximum absolute atomic E-state index is 5.53. The molecule has 0 fully saturated rings. The minimum Gasteiger partial charge on any atom is -0.382 e. The molecule has 1 rings (SSSR count). The van der Waals surface area contributed by atoms with Crippen LogP contribution in [0.25, 0.3) is 0 Å². The average molecular weight is 249 g/mol. The van der Waals surface area contributed by atoms with E-state index in [1.165, 1.54) is 0 Å². The highest BCUT2D eigenvalue weighted by Gasteiger charge is 2.00. The summed E-state index contributed by atoms with van der Waals surface area (Å²) in [5, 5.41) is 3.08. The SMILES string of the molecule is NC(=NI)C1=CC=CCN1. The quantitative estimate of drug-likeness (QED) is 0.409. The lowest BCUT2D eigenvalue weighted by Crippen LogP contribution is -2.27. The molecule has 0 saturated carbocycles. The molecule has 0 atom stereocenters. The van der Waals surface area contributed by atoms with Crippen LogP contribution >= 0.6 is 22.9 Å². The Hall–Kier alpha value is -0.520. The van der Waals surface area contributed by atoms with Gasteiger partial charge in [0.05, 0.1) is 28.6 Å². The van der Waals surface area contributed by atoms with Gasteiger partial charge in [-0.3, -0.25) is 0 Å². The number of nitrogens with zero attached hydrogens (tertiary/aromatic N) is 1. The van der Waals surface area contributed by atoms with Gasteiger partial charge < -0.3 is 11.1 Å². The third kappa shape index (κ3) is 1.73. The monoisotopic (exact) mass is 249 g/mol. The van der Waals surface area contributed by atoms with Crippen LogP contribution in [0.15, 0.2) is 27.1 Å². The van der Waals surface area contributed by atoms with Crippen LogP contribution in [0.4, 0.5) is 0 Å². The number of allylic oxidation sites excluding steroid dienone is 2. The van der Waals surface area contributed by atoms with Crippen LogP contribution in [0, 0.1) is 0 Å². The molecule has 0 saturated heterocycles. The van der Waals surface area contributed by atoms with E-state index in [2.05, 4.69) is 8.52 Å². The molecule has 0 bridgehead atoms. The van der Waals surface area contributed by atoms with Crippen molar-refractivity contribution in [2.24, 2.45) is 8.94 Å². The highest BCUT2D eigenvalue weighted by molar-refractivity contribution is 14.1. The number of dihydropyridines is 1. The number of nitrogens with one attached hydrogen (secondary N) is 1. The molecule has 0 aromatic heterocycles. The van der Waals surface area contributed by atoms with Gasteiger partial charge in [-0.25, -0.2) is 0 Å². The van der Waals surface area contributed by atoms with Crippen molar-refractivity contribution in [3.63, 3.8) is 0 Å². The molecule has 4 heteroatoms. The minimum absolute atomic E-state index is 0.546. The van der Waals surface area contributed by atoms with E-state index < -0.39 is 0 Å². The molecule has 0 aliphatic carbocycles. The summed E-state index contributed by atoms with van der Waals surface area (Å²) in [4.78, 5) is 0. The topological polar surface area (TPSA) is 50.4 Å². The van der Waals surface area contributed by atoms with Gasteiger partial charge in [0.2, 0.25) is 0 Å². The second kappa shape index (κ2) is 3.60. The van der Waals surface area contributed by atoms with Crippen LogP contribution in [0.2, 0.25) is 0 Å². The zero-order valence-electron chi connectivity index (χ0n) is 5.34. The fourth-order valence-corrected chi connectivity index (χ4v) is 0.941. The van der Waals surface area contributed by atoms with Crippen molar-refractivity contribution in [2.75, 3.05) is 6.54 Å². The molecule has 3 nitrogen and oxygen atoms in total. The van der Waals surface area contributed by atoms with E-state index in [4.69, 9.17) is 5.73 Å². The Balaban J connectivity index is 2.72. The maximum atomic E-state index is 5.53. The first kappa shape index (κ1) is 7.59. The third-order valence-corrected chi connectivity index (χ3v) is 1.70. The van der Waals surface area contributed by atoms with Gasteiger partial charge in [0.1, 0.15) is 0 Å². The van der Waals surface area contributed by atoms with E-state index in [0.717, 1.165) is 12.2 Å². The van der Waals surface area contributed by atoms with Gasteiger partial charge in [0.15, 0.2) is 5.84 Å². The summed E-state index contributed by atoms with van der Waals surface area (Å²) < 4.78 is 3.81. The number of halogens is 1. The zero-order chi connectivity index (χ0) is 7.40. The maximum Gasteiger partial charge on any atom is 0.153 e. The Morgan fingerprint density at radius 1 is 1.80 bits per heavy atom. The highest BCUT2D eigenvalue weighted by Crippen LogP contribution is 1.97. The van der Waals surface area contributed by atoms with Crippen molar-refractivity contribution in [1.82, 2.24) is 5.32 Å². The molecule has 3 N–H and O–H groups in total. The number of rotatable bonds is 1. The fourth-order valence-electron chi connectivity index (χ4n) is 0.682. The summed E-state index contributed by atoms with van der Waals surface area (Å²) >= 11 is 1.87. The first-order chi connectivity index (χ1) is 4.84. The van der Waals surface area contributed by atoms with E-state index >= 15 is 0 Å². The molecule has 1 aliphatic heterocycles. The first-order valence-electron chi connectivity index (χ1n) is 2.90. The van der Waals surface area contributed by atoms with Crippen LogP contribution in [-0.4, -0.2) is 12.4 Å². The summed E-state index contributed by atoms with van der Waals surface area (Å²) in [7, 11) is 0. The number of nitrogens with two attached hydrogens (primary N) is 1. The van der Waals surface area contributed by atoms with Crippen LogP contribution in [-0.2, 0) is 0 Å². The fraction of sp³-hybridized carbons (Fsp3) is 0.167. The Kier molecular flexibility index (Phi) is 2.73. The summed E-state index contributed by atoms with van der Waals surface area (Å²) in [5.74, 6) is 0.546. The molecule has 0 amide bonds. The molecule has 0 spiro atoms. The van der Waals surface area contributed by atoms with Crippen LogP contribution in [0.1, 0.15) is 0 Å². The Labute approximate surface area is 73.6 Å². The van der Waals surface area contributed by atoms with Gasteiger partial charge >= 0.3 is 0 Å². The van der Waals surface area contributed by atoms with Crippen molar-refractivity contribution in [3.8, 4) is 0 Å². The second-order valence-corrected chi connectivity index (χ2v) is 2.34. The molecule has 54 valence electrons. The minimum atomic E-state index is 0.546. The number of amidine groups is 1. The molecule has 1 heterocycles. The molecule has 0 unspecified atom stereocenters. The van der Waals surface area contributed by atoms with Gasteiger partial charge in [0, 0.05) is 6.54 Å². The van der Waals surface area contributed by atoms with Gasteiger partial charge in [-0.05, 0) is 6.08 Å². The second-order valence-electron chi connectivity index (χ2n) is 1.86. The lowest BCUT2D eigenvalue weighted by atomic mass is 10.3. The van der Waals surface area contributed by atoms with Crippen LogP contribution < -0.4 is 11.1 Å². The smallest absolute Gasteiger partial charge is 0.153 e. The lowest BCUT2D eigenvalue weighted by Gasteiger charge is -2.09. The molecule has 0 aromatic carbocycles. The van der Waals surface area contributed by atoms with E-state index in [-0.39, 0.29) is 0 Å². The predicted molar refractivity (Wildman–Crippen MR) is 50.9 cm³/mol. The first-order valence-corrected chi connectivity index (χ1v) is 3.86. The number of hydrogen-bond donors (Lipinski definition) is 2. The summed E-state index contributed by atoms with van der Waals surface area (Å²) in [6.45, 7) is 0.832. The van der Waals surface area contributed by atoms with Gasteiger partial charge in [0.25, 0.3) is 0 Å². The Morgan fingerprint density at radius 3 is 3.10 bits per heavy atom. The van der Waals surface area contributed by atoms with Crippen LogP contribution in [0.5, 0.6) is 0 Å². The summed E-state index contributed by atoms with van der Waals surface area (Å²) in [6.07, 6.45) is 5.88. The molecule has 1 aliphatic rings. The molecular formula is C6H8IN3. The Morgan fingerprint density at radius 2 is 2.60 bits per heavy atom. The van der Waals surface area contributed by atoms with E-state index in [0.29, 0.717) is 5.84 Å². The van der Waals surface area contributed by atoms with Gasteiger partial charge in [-0.1, -0.05) is 12.2 Å². The van der Waals surface area contributed by atoms with E-state index in [1.807, 2.05) is 41.1 Å². The van der Waals surface area contributed by atoms with Gasteiger partial charge in [-0.15, -0.1) is 0 Å². The molecule has 0 aromatic rings.